The van der Waals surface area contributed by atoms with Crippen molar-refractivity contribution >= 4 is 0 Å². The van der Waals surface area contributed by atoms with Crippen molar-refractivity contribution in [2.45, 2.75) is 0 Å². The predicted octanol–water partition coefficient (Wildman–Crippen LogP) is 0.116. The van der Waals surface area contributed by atoms with Crippen molar-refractivity contribution in [3.63, 3.8) is 0 Å². The molecule has 0 aliphatic rings. The molecule has 0 aliphatic heterocycles. The van der Waals surface area contributed by atoms with Crippen LogP contribution in [-0.4, -0.2) is 15.0 Å². The van der Waals surface area contributed by atoms with Gasteiger partial charge in [-0.05, 0) is 0 Å². The Labute approximate surface area is 121 Å². The van der Waals surface area contributed by atoms with Gasteiger partial charge in [0.25, 0.3) is 0 Å². The second-order valence-corrected chi connectivity index (χ2v) is 2.14. The number of nitrogens with zero attached hydrogens (tertiary/aromatic N) is 6. The van der Waals surface area contributed by atoms with Crippen LogP contribution in [0.5, 0.6) is 0 Å². The molecule has 3 aromatic rings. The quantitative estimate of drug-likeness (QED) is 0.578. The maximum absolute atomic E-state index is 3.61. The minimum absolute atomic E-state index is 0. The molecule has 0 aliphatic carbocycles. The molecule has 0 bridgehead atoms. The molecule has 3 rings (SSSR count). The zero-order valence-corrected chi connectivity index (χ0v) is 12.1. The number of imidazole rings is 3. The number of hydrogen-bond acceptors (Lipinski definition) is 3. The molecular formula is C9H9LaN6. The van der Waals surface area contributed by atoms with E-state index in [0.717, 1.165) is 0 Å². The largest absolute Gasteiger partial charge is 3.00 e. The van der Waals surface area contributed by atoms with Crippen LogP contribution in [0.2, 0.25) is 0 Å². The van der Waals surface area contributed by atoms with Crippen LogP contribution in [0.25, 0.3) is 0 Å². The van der Waals surface area contributed by atoms with Gasteiger partial charge in [-0.2, -0.15) is 0 Å². The summed E-state index contributed by atoms with van der Waals surface area (Å²) in [7, 11) is 0. The van der Waals surface area contributed by atoms with Crippen molar-refractivity contribution in [3.05, 3.63) is 56.2 Å². The summed E-state index contributed by atoms with van der Waals surface area (Å²) in [6.45, 7) is 0. The van der Waals surface area contributed by atoms with Gasteiger partial charge in [0.15, 0.2) is 0 Å². The summed E-state index contributed by atoms with van der Waals surface area (Å²) in [5, 5.41) is 0. The first-order valence-corrected chi connectivity index (χ1v) is 4.10. The van der Waals surface area contributed by atoms with Crippen LogP contribution in [0.3, 0.4) is 0 Å². The average Bonchev–Trinajstić information content (AvgIpc) is 3.09. The topological polar surface area (TPSA) is 81.0 Å². The van der Waals surface area contributed by atoms with Crippen LogP contribution in [0.4, 0.5) is 0 Å². The van der Waals surface area contributed by atoms with E-state index < -0.39 is 0 Å². The van der Waals surface area contributed by atoms with E-state index in [2.05, 4.69) is 29.9 Å². The van der Waals surface area contributed by atoms with Gasteiger partial charge in [-0.25, -0.2) is 0 Å². The molecule has 16 heavy (non-hydrogen) atoms. The van der Waals surface area contributed by atoms with E-state index >= 15 is 0 Å². The van der Waals surface area contributed by atoms with Gasteiger partial charge in [0.05, 0.1) is 0 Å². The van der Waals surface area contributed by atoms with Crippen LogP contribution < -0.4 is 15.0 Å². The summed E-state index contributed by atoms with van der Waals surface area (Å²) in [6, 6.07) is 0. The Balaban J connectivity index is 0.000000205. The van der Waals surface area contributed by atoms with E-state index in [0.29, 0.717) is 0 Å². The van der Waals surface area contributed by atoms with Gasteiger partial charge in [-0.3, -0.25) is 0 Å². The summed E-state index contributed by atoms with van der Waals surface area (Å²) in [5.74, 6) is 0. The van der Waals surface area contributed by atoms with Crippen molar-refractivity contribution < 1.29 is 35.6 Å². The van der Waals surface area contributed by atoms with E-state index in [1.807, 2.05) is 0 Å². The summed E-state index contributed by atoms with van der Waals surface area (Å²) in [4.78, 5) is 21.7. The molecule has 0 aromatic carbocycles. The Morgan fingerprint density at radius 3 is 0.938 bits per heavy atom. The summed E-state index contributed by atoms with van der Waals surface area (Å²) in [5.41, 5.74) is 0. The molecule has 7 heteroatoms. The van der Waals surface area contributed by atoms with Gasteiger partial charge in [-0.1, -0.05) is 56.2 Å². The fraction of sp³-hybridized carbons (Fsp3) is 0. The van der Waals surface area contributed by atoms with Crippen LogP contribution >= 0.6 is 0 Å². The van der Waals surface area contributed by atoms with Crippen molar-refractivity contribution in [2.24, 2.45) is 0 Å². The molecule has 0 unspecified atom stereocenters. The Kier molecular flexibility index (Phi) is 11.0. The van der Waals surface area contributed by atoms with Crippen LogP contribution in [0.15, 0.2) is 56.2 Å². The van der Waals surface area contributed by atoms with E-state index in [9.17, 15) is 0 Å². The van der Waals surface area contributed by atoms with Gasteiger partial charge in [0.1, 0.15) is 0 Å². The Bertz CT molecular complexity index is 252. The Morgan fingerprint density at radius 2 is 0.875 bits per heavy atom. The van der Waals surface area contributed by atoms with E-state index in [-0.39, 0.29) is 35.6 Å². The van der Waals surface area contributed by atoms with E-state index in [4.69, 9.17) is 0 Å². The first-order chi connectivity index (χ1) is 7.50. The maximum atomic E-state index is 3.61. The minimum atomic E-state index is 0. The molecule has 0 fully saturated rings. The van der Waals surface area contributed by atoms with E-state index in [1.54, 1.807) is 37.2 Å². The van der Waals surface area contributed by atoms with Crippen LogP contribution in [-0.2, 0) is 0 Å². The van der Waals surface area contributed by atoms with Crippen molar-refractivity contribution in [2.75, 3.05) is 0 Å². The molecule has 3 heterocycles. The molecule has 0 spiro atoms. The fourth-order valence-electron chi connectivity index (χ4n) is 0.577. The fourth-order valence-corrected chi connectivity index (χ4v) is 0.577. The summed E-state index contributed by atoms with van der Waals surface area (Å²) < 4.78 is 0. The Morgan fingerprint density at radius 1 is 0.562 bits per heavy atom. The molecule has 78 valence electrons. The molecule has 3 aromatic heterocycles. The zero-order valence-electron chi connectivity index (χ0n) is 8.46. The smallest absolute Gasteiger partial charge is 0.450 e. The Hall–Kier alpha value is -1.18. The van der Waals surface area contributed by atoms with Crippen molar-refractivity contribution in [1.29, 1.82) is 0 Å². The number of rotatable bonds is 0. The number of aromatic nitrogens is 6. The molecule has 6 nitrogen and oxygen atoms in total. The standard InChI is InChI=1S/3C3H3N2.La/c3*1-2-5-3-4-1;/h3*1-3H;/q3*-1;+3. The van der Waals surface area contributed by atoms with Gasteiger partial charge in [-0.15, -0.1) is 0 Å². The van der Waals surface area contributed by atoms with Gasteiger partial charge < -0.3 is 29.9 Å². The van der Waals surface area contributed by atoms with Gasteiger partial charge in [0, 0.05) is 0 Å². The van der Waals surface area contributed by atoms with Crippen molar-refractivity contribution in [1.82, 2.24) is 29.9 Å². The predicted molar refractivity (Wildman–Crippen MR) is 52.7 cm³/mol. The third-order valence-electron chi connectivity index (χ3n) is 1.12. The zero-order chi connectivity index (χ0) is 10.6. The third-order valence-corrected chi connectivity index (χ3v) is 1.12. The molecule has 0 radical (unpaired) electrons. The SMILES string of the molecule is [La+3].c1c[n-]cn1.c1c[n-]cn1.c1c[n-]cn1. The first kappa shape index (κ1) is 14.8. The molecular weight excluding hydrogens is 331 g/mol. The van der Waals surface area contributed by atoms with Crippen LogP contribution in [0, 0.1) is 35.6 Å². The molecule has 0 atom stereocenters. The van der Waals surface area contributed by atoms with E-state index in [1.165, 1.54) is 19.0 Å². The minimum Gasteiger partial charge on any atom is -0.450 e. The average molecular weight is 340 g/mol. The molecule has 0 amide bonds. The second kappa shape index (κ2) is 11.9. The molecule has 0 saturated carbocycles. The van der Waals surface area contributed by atoms with Crippen molar-refractivity contribution in [3.8, 4) is 0 Å². The first-order valence-electron chi connectivity index (χ1n) is 4.10. The summed E-state index contributed by atoms with van der Waals surface area (Å²) >= 11 is 0. The number of hydrogen-bond donors (Lipinski definition) is 0. The van der Waals surface area contributed by atoms with Gasteiger partial charge >= 0.3 is 35.6 Å². The normalized spacial score (nSPS) is 7.50. The molecule has 0 saturated heterocycles. The summed E-state index contributed by atoms with van der Waals surface area (Å²) in [6.07, 6.45) is 14.3. The maximum Gasteiger partial charge on any atom is 3.00 e. The monoisotopic (exact) mass is 340 g/mol. The van der Waals surface area contributed by atoms with Crippen LogP contribution in [0.1, 0.15) is 0 Å². The van der Waals surface area contributed by atoms with Gasteiger partial charge in [0.2, 0.25) is 0 Å². The second-order valence-electron chi connectivity index (χ2n) is 2.14. The third kappa shape index (κ3) is 9.38. The molecule has 0 N–H and O–H groups in total.